The van der Waals surface area contributed by atoms with Crippen LogP contribution in [0.3, 0.4) is 0 Å². The Labute approximate surface area is 128 Å². The first kappa shape index (κ1) is 13.1. The molecule has 0 saturated heterocycles. The fourth-order valence-electron chi connectivity index (χ4n) is 5.02. The molecule has 0 heteroatoms. The van der Waals surface area contributed by atoms with E-state index in [9.17, 15) is 0 Å². The molecule has 21 heavy (non-hydrogen) atoms. The quantitative estimate of drug-likeness (QED) is 0.683. The third-order valence-corrected chi connectivity index (χ3v) is 6.31. The van der Waals surface area contributed by atoms with Crippen molar-refractivity contribution >= 4 is 0 Å². The molecule has 0 bridgehead atoms. The summed E-state index contributed by atoms with van der Waals surface area (Å²) in [7, 11) is 0. The standard InChI is InChI=1S/C21H24/c1-16-4-8-18(9-5-16)20-12-3-13-21(20,15-14-20)19-10-6-17(2)7-11-19/h4-11H,3,12-15H2,1-2H3/t20-,21+. The highest BCUT2D eigenvalue weighted by atomic mass is 14.7. The summed E-state index contributed by atoms with van der Waals surface area (Å²) in [6, 6.07) is 18.7. The maximum atomic E-state index is 2.39. The smallest absolute Gasteiger partial charge is 0.00501 e. The molecule has 2 aliphatic carbocycles. The Balaban J connectivity index is 1.81. The zero-order valence-electron chi connectivity index (χ0n) is 13.2. The van der Waals surface area contributed by atoms with Gasteiger partial charge < -0.3 is 0 Å². The van der Waals surface area contributed by atoms with E-state index in [1.54, 1.807) is 11.1 Å². The Hall–Kier alpha value is -1.56. The molecule has 2 aromatic carbocycles. The molecule has 108 valence electrons. The summed E-state index contributed by atoms with van der Waals surface area (Å²) >= 11 is 0. The fraction of sp³-hybridized carbons (Fsp3) is 0.429. The molecular formula is C21H24. The van der Waals surface area contributed by atoms with Crippen molar-refractivity contribution < 1.29 is 0 Å². The van der Waals surface area contributed by atoms with Crippen LogP contribution in [0.15, 0.2) is 48.5 Å². The van der Waals surface area contributed by atoms with Gasteiger partial charge in [0, 0.05) is 10.8 Å². The van der Waals surface area contributed by atoms with Gasteiger partial charge in [0.05, 0.1) is 0 Å². The lowest BCUT2D eigenvalue weighted by molar-refractivity contribution is 0.107. The van der Waals surface area contributed by atoms with Gasteiger partial charge in [-0.15, -0.1) is 0 Å². The lowest BCUT2D eigenvalue weighted by atomic mass is 9.46. The van der Waals surface area contributed by atoms with Crippen molar-refractivity contribution in [3.05, 3.63) is 70.8 Å². The van der Waals surface area contributed by atoms with Gasteiger partial charge in [-0.3, -0.25) is 0 Å². The van der Waals surface area contributed by atoms with Crippen molar-refractivity contribution in [3.8, 4) is 0 Å². The second kappa shape index (κ2) is 4.47. The summed E-state index contributed by atoms with van der Waals surface area (Å²) in [6.45, 7) is 4.37. The molecule has 0 radical (unpaired) electrons. The molecular weight excluding hydrogens is 252 g/mol. The zero-order valence-corrected chi connectivity index (χ0v) is 13.2. The lowest BCUT2D eigenvalue weighted by Gasteiger charge is -2.57. The van der Waals surface area contributed by atoms with Gasteiger partial charge >= 0.3 is 0 Å². The number of fused-ring (bicyclic) bond motifs is 1. The summed E-state index contributed by atoms with van der Waals surface area (Å²) in [4.78, 5) is 0. The number of benzene rings is 2. The van der Waals surface area contributed by atoms with Gasteiger partial charge in [-0.2, -0.15) is 0 Å². The molecule has 2 aliphatic rings. The second-order valence-electron chi connectivity index (χ2n) is 7.25. The van der Waals surface area contributed by atoms with Crippen LogP contribution in [-0.2, 0) is 10.8 Å². The topological polar surface area (TPSA) is 0 Å². The van der Waals surface area contributed by atoms with Crippen LogP contribution in [0.2, 0.25) is 0 Å². The highest BCUT2D eigenvalue weighted by Crippen LogP contribution is 2.67. The van der Waals surface area contributed by atoms with Gasteiger partial charge in [0.1, 0.15) is 0 Å². The minimum absolute atomic E-state index is 0.413. The first-order chi connectivity index (χ1) is 10.2. The average molecular weight is 276 g/mol. The predicted octanol–water partition coefficient (Wildman–Crippen LogP) is 5.46. The Morgan fingerprint density at radius 2 is 0.952 bits per heavy atom. The molecule has 0 heterocycles. The number of aryl methyl sites for hydroxylation is 2. The highest BCUT2D eigenvalue weighted by Gasteiger charge is 2.62. The Bertz CT molecular complexity index is 590. The molecule has 0 aliphatic heterocycles. The van der Waals surface area contributed by atoms with Crippen molar-refractivity contribution in [2.75, 3.05) is 0 Å². The molecule has 2 atom stereocenters. The number of hydrogen-bond acceptors (Lipinski definition) is 0. The van der Waals surface area contributed by atoms with E-state index in [4.69, 9.17) is 0 Å². The third kappa shape index (κ3) is 1.68. The van der Waals surface area contributed by atoms with Gasteiger partial charge in [0.25, 0.3) is 0 Å². The average Bonchev–Trinajstić information content (AvgIpc) is 2.74. The van der Waals surface area contributed by atoms with E-state index in [-0.39, 0.29) is 0 Å². The van der Waals surface area contributed by atoms with Crippen LogP contribution in [0, 0.1) is 13.8 Å². The van der Waals surface area contributed by atoms with Crippen LogP contribution >= 0.6 is 0 Å². The maximum absolute atomic E-state index is 2.39. The summed E-state index contributed by atoms with van der Waals surface area (Å²) in [5.41, 5.74) is 6.73. The molecule has 0 aromatic heterocycles. The van der Waals surface area contributed by atoms with Crippen LogP contribution in [0.25, 0.3) is 0 Å². The molecule has 0 N–H and O–H groups in total. The van der Waals surface area contributed by atoms with Crippen molar-refractivity contribution in [2.45, 2.75) is 56.8 Å². The minimum Gasteiger partial charge on any atom is -0.0590 e. The van der Waals surface area contributed by atoms with Crippen LogP contribution in [-0.4, -0.2) is 0 Å². The Morgan fingerprint density at radius 3 is 1.29 bits per heavy atom. The summed E-state index contributed by atoms with van der Waals surface area (Å²) in [5.74, 6) is 0. The fourth-order valence-corrected chi connectivity index (χ4v) is 5.02. The van der Waals surface area contributed by atoms with Gasteiger partial charge in [-0.25, -0.2) is 0 Å². The predicted molar refractivity (Wildman–Crippen MR) is 88.8 cm³/mol. The van der Waals surface area contributed by atoms with Crippen molar-refractivity contribution in [1.29, 1.82) is 0 Å². The minimum atomic E-state index is 0.413. The van der Waals surface area contributed by atoms with Crippen LogP contribution < -0.4 is 0 Å². The molecule has 0 amide bonds. The molecule has 4 rings (SSSR count). The SMILES string of the molecule is Cc1ccc([C@@]23CCC[C@]2(c2ccc(C)cc2)CC3)cc1. The van der Waals surface area contributed by atoms with Crippen LogP contribution in [0.1, 0.15) is 54.4 Å². The Kier molecular flexibility index (Phi) is 2.79. The van der Waals surface area contributed by atoms with Gasteiger partial charge in [-0.05, 0) is 50.7 Å². The van der Waals surface area contributed by atoms with Crippen LogP contribution in [0.4, 0.5) is 0 Å². The first-order valence-corrected chi connectivity index (χ1v) is 8.31. The second-order valence-corrected chi connectivity index (χ2v) is 7.25. The largest absolute Gasteiger partial charge is 0.0590 e. The number of hydrogen-bond donors (Lipinski definition) is 0. The van der Waals surface area contributed by atoms with E-state index in [0.29, 0.717) is 10.8 Å². The first-order valence-electron chi connectivity index (χ1n) is 8.31. The lowest BCUT2D eigenvalue weighted by Crippen LogP contribution is -2.54. The van der Waals surface area contributed by atoms with E-state index in [1.807, 2.05) is 0 Å². The van der Waals surface area contributed by atoms with Gasteiger partial charge in [-0.1, -0.05) is 66.1 Å². The van der Waals surface area contributed by atoms with Crippen molar-refractivity contribution in [1.82, 2.24) is 0 Å². The number of rotatable bonds is 2. The zero-order chi connectivity index (χ0) is 14.5. The van der Waals surface area contributed by atoms with E-state index < -0.39 is 0 Å². The third-order valence-electron chi connectivity index (χ3n) is 6.31. The molecule has 2 fully saturated rings. The summed E-state index contributed by atoms with van der Waals surface area (Å²) in [6.07, 6.45) is 6.84. The Morgan fingerprint density at radius 1 is 0.571 bits per heavy atom. The maximum Gasteiger partial charge on any atom is 0.00501 e. The monoisotopic (exact) mass is 276 g/mol. The van der Waals surface area contributed by atoms with Crippen molar-refractivity contribution in [2.24, 2.45) is 0 Å². The molecule has 0 spiro atoms. The van der Waals surface area contributed by atoms with E-state index in [2.05, 4.69) is 62.4 Å². The highest BCUT2D eigenvalue weighted by molar-refractivity contribution is 5.46. The van der Waals surface area contributed by atoms with Crippen molar-refractivity contribution in [3.63, 3.8) is 0 Å². The van der Waals surface area contributed by atoms with E-state index >= 15 is 0 Å². The summed E-state index contributed by atoms with van der Waals surface area (Å²) in [5, 5.41) is 0. The molecule has 0 nitrogen and oxygen atoms in total. The van der Waals surface area contributed by atoms with Crippen LogP contribution in [0.5, 0.6) is 0 Å². The normalized spacial score (nSPS) is 30.8. The molecule has 0 unspecified atom stereocenters. The van der Waals surface area contributed by atoms with E-state index in [0.717, 1.165) is 0 Å². The van der Waals surface area contributed by atoms with Gasteiger partial charge in [0.15, 0.2) is 0 Å². The molecule has 2 saturated carbocycles. The molecule has 2 aromatic rings. The van der Waals surface area contributed by atoms with Gasteiger partial charge in [0.2, 0.25) is 0 Å². The van der Waals surface area contributed by atoms with E-state index in [1.165, 1.54) is 43.2 Å². The summed E-state index contributed by atoms with van der Waals surface area (Å²) < 4.78 is 0.